The molecule has 0 unspecified atom stereocenters. The van der Waals surface area contributed by atoms with E-state index in [9.17, 15) is 9.59 Å². The fourth-order valence-electron chi connectivity index (χ4n) is 0.566. The zero-order chi connectivity index (χ0) is 9.56. The van der Waals surface area contributed by atoms with Crippen molar-refractivity contribution in [2.75, 3.05) is 13.2 Å². The Morgan fingerprint density at radius 2 is 2.00 bits per heavy atom. The van der Waals surface area contributed by atoms with Gasteiger partial charge in [-0.1, -0.05) is 13.8 Å². The highest BCUT2D eigenvalue weighted by Crippen LogP contribution is 1.87. The van der Waals surface area contributed by atoms with Gasteiger partial charge in [0.25, 0.3) is 0 Å². The van der Waals surface area contributed by atoms with Crippen molar-refractivity contribution in [3.8, 4) is 0 Å². The van der Waals surface area contributed by atoms with Crippen LogP contribution in [0.15, 0.2) is 0 Å². The predicted molar refractivity (Wildman–Crippen MR) is 44.5 cm³/mol. The molecule has 0 spiro atoms. The molecule has 70 valence electrons. The summed E-state index contributed by atoms with van der Waals surface area (Å²) in [6.07, 6.45) is 0. The van der Waals surface area contributed by atoms with Gasteiger partial charge < -0.3 is 10.1 Å². The molecule has 0 rings (SSSR count). The number of nitrogens with one attached hydrogen (secondary N) is 1. The lowest BCUT2D eigenvalue weighted by atomic mass is 10.2. The monoisotopic (exact) mass is 173 g/mol. The zero-order valence-electron chi connectivity index (χ0n) is 7.72. The van der Waals surface area contributed by atoms with E-state index in [1.807, 2.05) is 13.8 Å². The number of hydrogen-bond acceptors (Lipinski definition) is 3. The maximum absolute atomic E-state index is 10.9. The summed E-state index contributed by atoms with van der Waals surface area (Å²) in [6.45, 7) is 6.29. The van der Waals surface area contributed by atoms with Crippen LogP contribution in [0.2, 0.25) is 0 Å². The summed E-state index contributed by atoms with van der Waals surface area (Å²) < 4.78 is 4.48. The summed E-state index contributed by atoms with van der Waals surface area (Å²) in [4.78, 5) is 21.6. The van der Waals surface area contributed by atoms with Crippen molar-refractivity contribution in [2.24, 2.45) is 5.92 Å². The fourth-order valence-corrected chi connectivity index (χ4v) is 0.566. The van der Waals surface area contributed by atoms with Crippen LogP contribution in [0.3, 0.4) is 0 Å². The Kier molecular flexibility index (Phi) is 5.08. The summed E-state index contributed by atoms with van der Waals surface area (Å²) in [5.41, 5.74) is 0. The molecule has 0 saturated carbocycles. The highest BCUT2D eigenvalue weighted by Gasteiger charge is 2.13. The number of hydrogen-bond donors (Lipinski definition) is 1. The number of carbonyl (C=O) groups excluding carboxylic acids is 2. The van der Waals surface area contributed by atoms with Crippen LogP contribution in [0, 0.1) is 5.92 Å². The zero-order valence-corrected chi connectivity index (χ0v) is 7.72. The van der Waals surface area contributed by atoms with E-state index in [1.165, 1.54) is 0 Å². The van der Waals surface area contributed by atoms with E-state index in [-0.39, 0.29) is 6.61 Å². The first-order valence-corrected chi connectivity index (χ1v) is 4.02. The van der Waals surface area contributed by atoms with E-state index < -0.39 is 11.9 Å². The number of esters is 1. The second-order valence-corrected chi connectivity index (χ2v) is 2.82. The minimum Gasteiger partial charge on any atom is -0.459 e. The Morgan fingerprint density at radius 1 is 1.42 bits per heavy atom. The molecule has 0 aromatic heterocycles. The SMILES string of the molecule is CCOC(=O)C(=O)NCC(C)C. The Labute approximate surface area is 72.3 Å². The molecule has 1 N–H and O–H groups in total. The molecule has 0 heterocycles. The van der Waals surface area contributed by atoms with Crippen molar-refractivity contribution < 1.29 is 14.3 Å². The molecular weight excluding hydrogens is 158 g/mol. The summed E-state index contributed by atoms with van der Waals surface area (Å²) in [6, 6.07) is 0. The van der Waals surface area contributed by atoms with Crippen molar-refractivity contribution in [2.45, 2.75) is 20.8 Å². The van der Waals surface area contributed by atoms with Crippen molar-refractivity contribution in [1.82, 2.24) is 5.32 Å². The third kappa shape index (κ3) is 4.71. The van der Waals surface area contributed by atoms with Gasteiger partial charge in [-0.15, -0.1) is 0 Å². The molecule has 0 radical (unpaired) electrons. The van der Waals surface area contributed by atoms with Gasteiger partial charge in [-0.2, -0.15) is 0 Å². The van der Waals surface area contributed by atoms with Crippen molar-refractivity contribution in [3.63, 3.8) is 0 Å². The summed E-state index contributed by atoms with van der Waals surface area (Å²) >= 11 is 0. The van der Waals surface area contributed by atoms with Crippen LogP contribution in [0.4, 0.5) is 0 Å². The third-order valence-electron chi connectivity index (χ3n) is 1.13. The van der Waals surface area contributed by atoms with Gasteiger partial charge in [-0.05, 0) is 12.8 Å². The topological polar surface area (TPSA) is 55.4 Å². The fraction of sp³-hybridized carbons (Fsp3) is 0.750. The van der Waals surface area contributed by atoms with Gasteiger partial charge in [0, 0.05) is 6.54 Å². The van der Waals surface area contributed by atoms with Crippen molar-refractivity contribution >= 4 is 11.9 Å². The quantitative estimate of drug-likeness (QED) is 0.494. The maximum atomic E-state index is 10.9. The predicted octanol–water partition coefficient (Wildman–Crippen LogP) is 0.322. The molecule has 4 heteroatoms. The van der Waals surface area contributed by atoms with Gasteiger partial charge in [0.15, 0.2) is 0 Å². The van der Waals surface area contributed by atoms with Crippen LogP contribution < -0.4 is 5.32 Å². The normalized spacial score (nSPS) is 9.67. The summed E-state index contributed by atoms with van der Waals surface area (Å²) in [7, 11) is 0. The Morgan fingerprint density at radius 3 is 2.42 bits per heavy atom. The number of carbonyl (C=O) groups is 2. The van der Waals surface area contributed by atoms with E-state index in [0.29, 0.717) is 12.5 Å². The van der Waals surface area contributed by atoms with Gasteiger partial charge in [-0.25, -0.2) is 4.79 Å². The average Bonchev–Trinajstić information content (AvgIpc) is 2.00. The van der Waals surface area contributed by atoms with Gasteiger partial charge in [0.2, 0.25) is 0 Å². The van der Waals surface area contributed by atoms with Gasteiger partial charge in [0.1, 0.15) is 0 Å². The molecule has 0 aliphatic heterocycles. The van der Waals surface area contributed by atoms with Crippen LogP contribution in [-0.4, -0.2) is 25.0 Å². The molecule has 0 atom stereocenters. The van der Waals surface area contributed by atoms with Gasteiger partial charge in [-0.3, -0.25) is 4.79 Å². The third-order valence-corrected chi connectivity index (χ3v) is 1.13. The maximum Gasteiger partial charge on any atom is 0.396 e. The molecule has 1 amide bonds. The average molecular weight is 173 g/mol. The molecule has 0 saturated heterocycles. The Balaban J connectivity index is 3.65. The molecular formula is C8H15NO3. The molecule has 0 bridgehead atoms. The highest BCUT2D eigenvalue weighted by molar-refractivity contribution is 6.32. The molecule has 0 aromatic carbocycles. The van der Waals surface area contributed by atoms with Crippen LogP contribution in [-0.2, 0) is 14.3 Å². The smallest absolute Gasteiger partial charge is 0.396 e. The number of amides is 1. The molecule has 0 aliphatic rings. The highest BCUT2D eigenvalue weighted by atomic mass is 16.5. The lowest BCUT2D eigenvalue weighted by molar-refractivity contribution is -0.154. The van der Waals surface area contributed by atoms with Crippen molar-refractivity contribution in [1.29, 1.82) is 0 Å². The standard InChI is InChI=1S/C8H15NO3/c1-4-12-8(11)7(10)9-5-6(2)3/h6H,4-5H2,1-3H3,(H,9,10). The van der Waals surface area contributed by atoms with Crippen molar-refractivity contribution in [3.05, 3.63) is 0 Å². The first-order chi connectivity index (χ1) is 5.57. The summed E-state index contributed by atoms with van der Waals surface area (Å²) in [5.74, 6) is -1.13. The second-order valence-electron chi connectivity index (χ2n) is 2.82. The minimum absolute atomic E-state index is 0.230. The Hall–Kier alpha value is -1.06. The molecule has 4 nitrogen and oxygen atoms in total. The van der Waals surface area contributed by atoms with Crippen LogP contribution in [0.1, 0.15) is 20.8 Å². The lowest BCUT2D eigenvalue weighted by Gasteiger charge is -2.05. The second kappa shape index (κ2) is 5.57. The molecule has 0 aromatic rings. The van der Waals surface area contributed by atoms with E-state index in [1.54, 1.807) is 6.92 Å². The van der Waals surface area contributed by atoms with E-state index >= 15 is 0 Å². The first kappa shape index (κ1) is 10.9. The molecule has 0 fully saturated rings. The van der Waals surface area contributed by atoms with E-state index in [2.05, 4.69) is 10.1 Å². The Bertz CT molecular complexity index is 166. The number of ether oxygens (including phenoxy) is 1. The molecule has 0 aliphatic carbocycles. The lowest BCUT2D eigenvalue weighted by Crippen LogP contribution is -2.34. The van der Waals surface area contributed by atoms with Crippen LogP contribution in [0.5, 0.6) is 0 Å². The van der Waals surface area contributed by atoms with E-state index in [0.717, 1.165) is 0 Å². The largest absolute Gasteiger partial charge is 0.459 e. The van der Waals surface area contributed by atoms with Crippen LogP contribution >= 0.6 is 0 Å². The minimum atomic E-state index is -0.807. The van der Waals surface area contributed by atoms with Gasteiger partial charge in [0.05, 0.1) is 6.61 Å². The van der Waals surface area contributed by atoms with Crippen LogP contribution in [0.25, 0.3) is 0 Å². The first-order valence-electron chi connectivity index (χ1n) is 4.02. The molecule has 12 heavy (non-hydrogen) atoms. The van der Waals surface area contributed by atoms with E-state index in [4.69, 9.17) is 0 Å². The van der Waals surface area contributed by atoms with Gasteiger partial charge >= 0.3 is 11.9 Å². The number of rotatable bonds is 3. The summed E-state index contributed by atoms with van der Waals surface area (Å²) in [5, 5.41) is 2.45.